The second-order valence-electron chi connectivity index (χ2n) is 3.43. The zero-order valence-electron chi connectivity index (χ0n) is 7.66. The number of hydrogen-bond acceptors (Lipinski definition) is 4. The van der Waals surface area contributed by atoms with Crippen LogP contribution in [0.25, 0.3) is 0 Å². The third kappa shape index (κ3) is 2.31. The van der Waals surface area contributed by atoms with Crippen LogP contribution in [-0.4, -0.2) is 16.6 Å². The molecule has 2 rings (SSSR count). The highest BCUT2D eigenvalue weighted by molar-refractivity contribution is 5.32. The molecule has 1 aromatic heterocycles. The van der Waals surface area contributed by atoms with Gasteiger partial charge in [-0.15, -0.1) is 0 Å². The van der Waals surface area contributed by atoms with Gasteiger partial charge in [-0.3, -0.25) is 0 Å². The Balaban J connectivity index is 2.01. The maximum atomic E-state index is 5.55. The summed E-state index contributed by atoms with van der Waals surface area (Å²) < 4.78 is 5.46. The van der Waals surface area contributed by atoms with Crippen LogP contribution in [0, 0.1) is 12.8 Å². The van der Waals surface area contributed by atoms with E-state index in [9.17, 15) is 0 Å². The maximum absolute atomic E-state index is 5.55. The molecule has 13 heavy (non-hydrogen) atoms. The van der Waals surface area contributed by atoms with Crippen LogP contribution in [-0.2, 0) is 0 Å². The highest BCUT2D eigenvalue weighted by Crippen LogP contribution is 2.29. The Hall–Kier alpha value is -1.32. The number of hydrogen-bond donors (Lipinski definition) is 1. The van der Waals surface area contributed by atoms with E-state index in [4.69, 9.17) is 10.5 Å². The van der Waals surface area contributed by atoms with Gasteiger partial charge in [0.15, 0.2) is 0 Å². The first-order valence-corrected chi connectivity index (χ1v) is 4.48. The lowest BCUT2D eigenvalue weighted by Gasteiger charge is -2.04. The van der Waals surface area contributed by atoms with Gasteiger partial charge in [0.05, 0.1) is 6.61 Å². The molecule has 0 atom stereocenters. The van der Waals surface area contributed by atoms with Crippen molar-refractivity contribution in [1.82, 2.24) is 9.97 Å². The molecule has 0 aliphatic heterocycles. The summed E-state index contributed by atoms with van der Waals surface area (Å²) in [6.45, 7) is 2.57. The molecule has 0 radical (unpaired) electrons. The van der Waals surface area contributed by atoms with Gasteiger partial charge in [0.2, 0.25) is 5.88 Å². The predicted octanol–water partition coefficient (Wildman–Crippen LogP) is 1.16. The molecular formula is C9H13N3O. The largest absolute Gasteiger partial charge is 0.477 e. The summed E-state index contributed by atoms with van der Waals surface area (Å²) in [6.07, 6.45) is 2.55. The SMILES string of the molecule is Cc1nc(N)cc(OCC2CC2)n1. The van der Waals surface area contributed by atoms with Crippen molar-refractivity contribution >= 4 is 5.82 Å². The van der Waals surface area contributed by atoms with Gasteiger partial charge >= 0.3 is 0 Å². The van der Waals surface area contributed by atoms with E-state index in [0.29, 0.717) is 17.5 Å². The van der Waals surface area contributed by atoms with Crippen molar-refractivity contribution < 1.29 is 4.74 Å². The van der Waals surface area contributed by atoms with Crippen molar-refractivity contribution in [2.45, 2.75) is 19.8 Å². The summed E-state index contributed by atoms with van der Waals surface area (Å²) in [6, 6.07) is 1.66. The lowest BCUT2D eigenvalue weighted by Crippen LogP contribution is -2.03. The number of nitrogen functional groups attached to an aromatic ring is 1. The van der Waals surface area contributed by atoms with Crippen molar-refractivity contribution in [3.8, 4) is 5.88 Å². The number of rotatable bonds is 3. The number of ether oxygens (including phenoxy) is 1. The maximum Gasteiger partial charge on any atom is 0.218 e. The van der Waals surface area contributed by atoms with Gasteiger partial charge in [-0.2, -0.15) is 4.98 Å². The van der Waals surface area contributed by atoms with Crippen LogP contribution in [0.4, 0.5) is 5.82 Å². The highest BCUT2D eigenvalue weighted by atomic mass is 16.5. The Kier molecular flexibility index (Phi) is 2.04. The molecule has 1 aliphatic rings. The van der Waals surface area contributed by atoms with E-state index in [-0.39, 0.29) is 0 Å². The summed E-state index contributed by atoms with van der Waals surface area (Å²) in [5, 5.41) is 0. The van der Waals surface area contributed by atoms with Crippen LogP contribution in [0.1, 0.15) is 18.7 Å². The monoisotopic (exact) mass is 179 g/mol. The lowest BCUT2D eigenvalue weighted by molar-refractivity contribution is 0.287. The zero-order valence-corrected chi connectivity index (χ0v) is 7.66. The molecule has 1 saturated carbocycles. The van der Waals surface area contributed by atoms with E-state index in [1.54, 1.807) is 13.0 Å². The van der Waals surface area contributed by atoms with Gasteiger partial charge in [-0.1, -0.05) is 0 Å². The van der Waals surface area contributed by atoms with Crippen molar-refractivity contribution in [1.29, 1.82) is 0 Å². The second-order valence-corrected chi connectivity index (χ2v) is 3.43. The molecule has 0 aromatic carbocycles. The summed E-state index contributed by atoms with van der Waals surface area (Å²) in [7, 11) is 0. The van der Waals surface area contributed by atoms with Crippen LogP contribution >= 0.6 is 0 Å². The molecule has 0 spiro atoms. The average Bonchev–Trinajstić information content (AvgIpc) is 2.81. The number of anilines is 1. The summed E-state index contributed by atoms with van der Waals surface area (Å²) in [5.41, 5.74) is 5.55. The van der Waals surface area contributed by atoms with Gasteiger partial charge in [0.25, 0.3) is 0 Å². The molecule has 4 heteroatoms. The minimum absolute atomic E-state index is 0.471. The molecular weight excluding hydrogens is 166 g/mol. The molecule has 1 heterocycles. The molecule has 1 aromatic rings. The van der Waals surface area contributed by atoms with Crippen molar-refractivity contribution in [3.63, 3.8) is 0 Å². The number of nitrogens with two attached hydrogens (primary N) is 1. The molecule has 0 bridgehead atoms. The highest BCUT2D eigenvalue weighted by Gasteiger charge is 2.22. The first kappa shape index (κ1) is 8.29. The van der Waals surface area contributed by atoms with E-state index in [1.807, 2.05) is 0 Å². The van der Waals surface area contributed by atoms with Crippen LogP contribution in [0.5, 0.6) is 5.88 Å². The first-order valence-electron chi connectivity index (χ1n) is 4.48. The molecule has 0 saturated heterocycles. The van der Waals surface area contributed by atoms with E-state index >= 15 is 0 Å². The standard InChI is InChI=1S/C9H13N3O/c1-6-11-8(10)4-9(12-6)13-5-7-2-3-7/h4,7H,2-3,5H2,1H3,(H2,10,11,12). The van der Waals surface area contributed by atoms with E-state index in [1.165, 1.54) is 12.8 Å². The normalized spacial score (nSPS) is 15.8. The Morgan fingerprint density at radius 3 is 2.92 bits per heavy atom. The van der Waals surface area contributed by atoms with Crippen molar-refractivity contribution in [2.75, 3.05) is 12.3 Å². The fourth-order valence-corrected chi connectivity index (χ4v) is 1.12. The van der Waals surface area contributed by atoms with E-state index in [2.05, 4.69) is 9.97 Å². The molecule has 0 amide bonds. The Morgan fingerprint density at radius 2 is 2.31 bits per heavy atom. The van der Waals surface area contributed by atoms with E-state index < -0.39 is 0 Å². The Bertz CT molecular complexity index is 289. The third-order valence-corrected chi connectivity index (χ3v) is 2.00. The topological polar surface area (TPSA) is 61.0 Å². The third-order valence-electron chi connectivity index (χ3n) is 2.00. The Labute approximate surface area is 77.1 Å². The molecule has 1 fully saturated rings. The zero-order chi connectivity index (χ0) is 9.26. The van der Waals surface area contributed by atoms with Crippen LogP contribution in [0.15, 0.2) is 6.07 Å². The molecule has 70 valence electrons. The molecule has 4 nitrogen and oxygen atoms in total. The quantitative estimate of drug-likeness (QED) is 0.756. The minimum Gasteiger partial charge on any atom is -0.477 e. The second kappa shape index (κ2) is 3.20. The van der Waals surface area contributed by atoms with Gasteiger partial charge in [-0.25, -0.2) is 4.98 Å². The van der Waals surface area contributed by atoms with Gasteiger partial charge in [-0.05, 0) is 25.7 Å². The van der Waals surface area contributed by atoms with E-state index in [0.717, 1.165) is 12.5 Å². The van der Waals surface area contributed by atoms with Crippen LogP contribution in [0.3, 0.4) is 0 Å². The summed E-state index contributed by atoms with van der Waals surface area (Å²) >= 11 is 0. The van der Waals surface area contributed by atoms with Gasteiger partial charge in [0, 0.05) is 6.07 Å². The van der Waals surface area contributed by atoms with Crippen LogP contribution in [0.2, 0.25) is 0 Å². The number of aryl methyl sites for hydroxylation is 1. The first-order chi connectivity index (χ1) is 6.24. The molecule has 0 unspecified atom stereocenters. The Morgan fingerprint density at radius 1 is 1.54 bits per heavy atom. The van der Waals surface area contributed by atoms with Gasteiger partial charge < -0.3 is 10.5 Å². The fraction of sp³-hybridized carbons (Fsp3) is 0.556. The van der Waals surface area contributed by atoms with Gasteiger partial charge in [0.1, 0.15) is 11.6 Å². The summed E-state index contributed by atoms with van der Waals surface area (Å²) in [4.78, 5) is 8.08. The predicted molar refractivity (Wildman–Crippen MR) is 49.4 cm³/mol. The summed E-state index contributed by atoms with van der Waals surface area (Å²) in [5.74, 6) is 2.46. The molecule has 2 N–H and O–H groups in total. The van der Waals surface area contributed by atoms with Crippen molar-refractivity contribution in [2.24, 2.45) is 5.92 Å². The number of aromatic nitrogens is 2. The van der Waals surface area contributed by atoms with Crippen molar-refractivity contribution in [3.05, 3.63) is 11.9 Å². The average molecular weight is 179 g/mol. The number of nitrogens with zero attached hydrogens (tertiary/aromatic N) is 2. The molecule has 1 aliphatic carbocycles. The fourth-order valence-electron chi connectivity index (χ4n) is 1.12. The smallest absolute Gasteiger partial charge is 0.218 e. The minimum atomic E-state index is 0.471. The van der Waals surface area contributed by atoms with Crippen LogP contribution < -0.4 is 10.5 Å². The lowest BCUT2D eigenvalue weighted by atomic mass is 10.4.